The number of likely N-dealkylation sites (tertiary alicyclic amines) is 1. The maximum atomic E-state index is 12.2. The molecule has 1 aromatic rings. The highest BCUT2D eigenvalue weighted by atomic mass is 16.5. The first-order valence-corrected chi connectivity index (χ1v) is 7.42. The van der Waals surface area contributed by atoms with E-state index in [4.69, 9.17) is 10.5 Å². The van der Waals surface area contributed by atoms with Gasteiger partial charge in [0.15, 0.2) is 0 Å². The van der Waals surface area contributed by atoms with E-state index < -0.39 is 0 Å². The van der Waals surface area contributed by atoms with Crippen LogP contribution in [0.1, 0.15) is 38.1 Å². The van der Waals surface area contributed by atoms with Crippen LogP contribution < -0.4 is 5.73 Å². The molecule has 0 aliphatic carbocycles. The van der Waals surface area contributed by atoms with Gasteiger partial charge in [0, 0.05) is 25.9 Å². The van der Waals surface area contributed by atoms with Crippen LogP contribution in [0.5, 0.6) is 0 Å². The second kappa shape index (κ2) is 5.83. The van der Waals surface area contributed by atoms with Gasteiger partial charge in [0.1, 0.15) is 5.82 Å². The number of carbonyl (C=O) groups excluding carboxylic acids is 1. The Labute approximate surface area is 118 Å². The van der Waals surface area contributed by atoms with Gasteiger partial charge in [-0.05, 0) is 31.7 Å². The summed E-state index contributed by atoms with van der Waals surface area (Å²) >= 11 is 0. The van der Waals surface area contributed by atoms with Crippen molar-refractivity contribution in [3.63, 3.8) is 0 Å². The van der Waals surface area contributed by atoms with Crippen molar-refractivity contribution in [2.45, 2.75) is 44.2 Å². The number of aromatic nitrogens is 2. The third kappa shape index (κ3) is 2.95. The summed E-state index contributed by atoms with van der Waals surface area (Å²) in [5.41, 5.74) is 5.64. The number of carbonyl (C=O) groups is 1. The Morgan fingerprint density at radius 3 is 2.80 bits per heavy atom. The smallest absolute Gasteiger partial charge is 0.225 e. The number of ether oxygens (including phenoxy) is 1. The number of hydrogen-bond donors (Lipinski definition) is 1. The molecule has 1 atom stereocenters. The SMILES string of the molecule is Nc1ccn(C2CCN(C(=O)CC3CCCO3)CC2)n1. The molecule has 0 aromatic carbocycles. The zero-order valence-corrected chi connectivity index (χ0v) is 11.7. The highest BCUT2D eigenvalue weighted by Gasteiger charge is 2.27. The minimum atomic E-state index is 0.145. The van der Waals surface area contributed by atoms with Crippen LogP contribution in [0.15, 0.2) is 12.3 Å². The Morgan fingerprint density at radius 1 is 1.40 bits per heavy atom. The summed E-state index contributed by atoms with van der Waals surface area (Å²) in [6, 6.07) is 2.17. The molecule has 1 unspecified atom stereocenters. The van der Waals surface area contributed by atoms with Crippen molar-refractivity contribution in [1.82, 2.24) is 14.7 Å². The molecule has 2 aliphatic heterocycles. The van der Waals surface area contributed by atoms with Crippen LogP contribution in [-0.2, 0) is 9.53 Å². The maximum absolute atomic E-state index is 12.2. The molecule has 1 amide bonds. The third-order valence-corrected chi connectivity index (χ3v) is 4.25. The Bertz CT molecular complexity index is 459. The van der Waals surface area contributed by atoms with Gasteiger partial charge in [0.2, 0.25) is 5.91 Å². The predicted molar refractivity (Wildman–Crippen MR) is 75.1 cm³/mol. The molecule has 2 aliphatic rings. The van der Waals surface area contributed by atoms with E-state index in [9.17, 15) is 4.79 Å². The summed E-state index contributed by atoms with van der Waals surface area (Å²) in [6.07, 6.45) is 6.60. The third-order valence-electron chi connectivity index (χ3n) is 4.25. The van der Waals surface area contributed by atoms with Crippen LogP contribution in [-0.4, -0.2) is 46.4 Å². The molecule has 0 spiro atoms. The Morgan fingerprint density at radius 2 is 2.20 bits per heavy atom. The fourth-order valence-electron chi connectivity index (χ4n) is 3.07. The first kappa shape index (κ1) is 13.4. The van der Waals surface area contributed by atoms with Gasteiger partial charge in [-0.3, -0.25) is 9.48 Å². The van der Waals surface area contributed by atoms with E-state index in [0.717, 1.165) is 45.4 Å². The van der Waals surface area contributed by atoms with Crippen LogP contribution in [0.4, 0.5) is 5.82 Å². The topological polar surface area (TPSA) is 73.4 Å². The quantitative estimate of drug-likeness (QED) is 0.901. The molecule has 110 valence electrons. The van der Waals surface area contributed by atoms with E-state index in [-0.39, 0.29) is 12.0 Å². The fourth-order valence-corrected chi connectivity index (χ4v) is 3.07. The average Bonchev–Trinajstić information content (AvgIpc) is 3.10. The first-order valence-electron chi connectivity index (χ1n) is 7.42. The molecule has 0 saturated carbocycles. The summed E-state index contributed by atoms with van der Waals surface area (Å²) in [5.74, 6) is 0.789. The van der Waals surface area contributed by atoms with Gasteiger partial charge in [0.25, 0.3) is 0 Å². The molecule has 1 aromatic heterocycles. The van der Waals surface area contributed by atoms with Crippen molar-refractivity contribution >= 4 is 11.7 Å². The number of nitrogens with two attached hydrogens (primary N) is 1. The molecule has 2 N–H and O–H groups in total. The standard InChI is InChI=1S/C14H22N4O2/c15-13-5-8-18(16-13)11-3-6-17(7-4-11)14(19)10-12-2-1-9-20-12/h5,8,11-12H,1-4,6-7,9-10H2,(H2,15,16). The fraction of sp³-hybridized carbons (Fsp3) is 0.714. The normalized spacial score (nSPS) is 24.2. The number of nitrogen functional groups attached to an aromatic ring is 1. The Kier molecular flexibility index (Phi) is 3.91. The molecule has 3 rings (SSSR count). The van der Waals surface area contributed by atoms with Crippen molar-refractivity contribution in [1.29, 1.82) is 0 Å². The second-order valence-corrected chi connectivity index (χ2v) is 5.67. The lowest BCUT2D eigenvalue weighted by atomic mass is 10.0. The first-order chi connectivity index (χ1) is 9.72. The van der Waals surface area contributed by atoms with Crippen molar-refractivity contribution in [2.75, 3.05) is 25.4 Å². The lowest BCUT2D eigenvalue weighted by Gasteiger charge is -2.32. The van der Waals surface area contributed by atoms with Crippen molar-refractivity contribution in [2.24, 2.45) is 0 Å². The van der Waals surface area contributed by atoms with Crippen molar-refractivity contribution < 1.29 is 9.53 Å². The number of hydrogen-bond acceptors (Lipinski definition) is 4. The van der Waals surface area contributed by atoms with Gasteiger partial charge in [-0.1, -0.05) is 0 Å². The van der Waals surface area contributed by atoms with E-state index in [1.54, 1.807) is 0 Å². The van der Waals surface area contributed by atoms with Crippen LogP contribution in [0.25, 0.3) is 0 Å². The molecular weight excluding hydrogens is 256 g/mol. The van der Waals surface area contributed by atoms with E-state index in [1.807, 2.05) is 21.8 Å². The molecule has 2 saturated heterocycles. The number of rotatable bonds is 3. The molecule has 6 heteroatoms. The van der Waals surface area contributed by atoms with E-state index in [2.05, 4.69) is 5.10 Å². The molecule has 20 heavy (non-hydrogen) atoms. The van der Waals surface area contributed by atoms with Crippen molar-refractivity contribution in [3.05, 3.63) is 12.3 Å². The highest BCUT2D eigenvalue weighted by Crippen LogP contribution is 2.24. The summed E-state index contributed by atoms with van der Waals surface area (Å²) in [5, 5.41) is 4.26. The molecular formula is C14H22N4O2. The predicted octanol–water partition coefficient (Wildman–Crippen LogP) is 1.20. The van der Waals surface area contributed by atoms with Crippen molar-refractivity contribution in [3.8, 4) is 0 Å². The lowest BCUT2D eigenvalue weighted by molar-refractivity contribution is -0.134. The monoisotopic (exact) mass is 278 g/mol. The largest absolute Gasteiger partial charge is 0.382 e. The maximum Gasteiger partial charge on any atom is 0.225 e. The summed E-state index contributed by atoms with van der Waals surface area (Å²) < 4.78 is 7.46. The van der Waals surface area contributed by atoms with E-state index in [1.165, 1.54) is 0 Å². The van der Waals surface area contributed by atoms with Crippen LogP contribution in [0.2, 0.25) is 0 Å². The van der Waals surface area contributed by atoms with Gasteiger partial charge in [-0.2, -0.15) is 5.10 Å². The molecule has 3 heterocycles. The number of anilines is 1. The number of amides is 1. The minimum absolute atomic E-state index is 0.145. The zero-order chi connectivity index (χ0) is 13.9. The van der Waals surface area contributed by atoms with E-state index in [0.29, 0.717) is 18.3 Å². The van der Waals surface area contributed by atoms with E-state index >= 15 is 0 Å². The molecule has 0 radical (unpaired) electrons. The molecule has 6 nitrogen and oxygen atoms in total. The zero-order valence-electron chi connectivity index (χ0n) is 11.7. The van der Waals surface area contributed by atoms with Crippen LogP contribution in [0.3, 0.4) is 0 Å². The number of piperidine rings is 1. The summed E-state index contributed by atoms with van der Waals surface area (Å²) in [4.78, 5) is 14.2. The van der Waals surface area contributed by atoms with Gasteiger partial charge in [-0.25, -0.2) is 0 Å². The second-order valence-electron chi connectivity index (χ2n) is 5.67. The summed E-state index contributed by atoms with van der Waals surface area (Å²) in [6.45, 7) is 2.41. The lowest BCUT2D eigenvalue weighted by Crippen LogP contribution is -2.40. The van der Waals surface area contributed by atoms with Gasteiger partial charge in [-0.15, -0.1) is 0 Å². The minimum Gasteiger partial charge on any atom is -0.382 e. The van der Waals surface area contributed by atoms with Gasteiger partial charge in [0.05, 0.1) is 18.6 Å². The molecule has 0 bridgehead atoms. The Hall–Kier alpha value is -1.56. The van der Waals surface area contributed by atoms with Gasteiger partial charge >= 0.3 is 0 Å². The Balaban J connectivity index is 1.49. The average molecular weight is 278 g/mol. The molecule has 2 fully saturated rings. The highest BCUT2D eigenvalue weighted by molar-refractivity contribution is 5.76. The number of nitrogens with zero attached hydrogens (tertiary/aromatic N) is 3. The van der Waals surface area contributed by atoms with Crippen LogP contribution in [0, 0.1) is 0 Å². The summed E-state index contributed by atoms with van der Waals surface area (Å²) in [7, 11) is 0. The van der Waals surface area contributed by atoms with Crippen LogP contribution >= 0.6 is 0 Å². The van der Waals surface area contributed by atoms with Gasteiger partial charge < -0.3 is 15.4 Å².